The van der Waals surface area contributed by atoms with Crippen LogP contribution in [0, 0.1) is 0 Å². The SMILES string of the molecule is COC(=O)c1cccc(C=O)c1.COC(=O)c1cccc(CN(Cc2ccccc2)Cc2cccc(C(=O)OC)c2)c1.NCc1ccccc1. The first-order chi connectivity index (χ1) is 24.3. The number of carbonyl (C=O) groups excluding carboxylic acids is 4. The lowest BCUT2D eigenvalue weighted by Crippen LogP contribution is -2.23. The molecule has 0 aromatic heterocycles. The van der Waals surface area contributed by atoms with Crippen LogP contribution >= 0.6 is 0 Å². The number of benzene rings is 5. The van der Waals surface area contributed by atoms with Gasteiger partial charge in [0.15, 0.2) is 0 Å². The summed E-state index contributed by atoms with van der Waals surface area (Å²) < 4.78 is 14.2. The van der Waals surface area contributed by atoms with E-state index < -0.39 is 5.97 Å². The van der Waals surface area contributed by atoms with E-state index >= 15 is 0 Å². The summed E-state index contributed by atoms with van der Waals surface area (Å²) in [5, 5.41) is 0. The molecule has 9 heteroatoms. The van der Waals surface area contributed by atoms with E-state index in [2.05, 4.69) is 21.8 Å². The van der Waals surface area contributed by atoms with Crippen LogP contribution in [0.25, 0.3) is 0 Å². The van der Waals surface area contributed by atoms with E-state index in [4.69, 9.17) is 15.2 Å². The maximum Gasteiger partial charge on any atom is 0.337 e. The molecule has 0 radical (unpaired) electrons. The lowest BCUT2D eigenvalue weighted by molar-refractivity contribution is 0.0591. The van der Waals surface area contributed by atoms with Crippen LogP contribution in [0.4, 0.5) is 0 Å². The van der Waals surface area contributed by atoms with Gasteiger partial charge in [-0.05, 0) is 58.7 Å². The molecule has 0 fully saturated rings. The molecule has 0 bridgehead atoms. The molecule has 50 heavy (non-hydrogen) atoms. The first-order valence-corrected chi connectivity index (χ1v) is 15.8. The number of ether oxygens (including phenoxy) is 3. The second-order valence-electron chi connectivity index (χ2n) is 10.9. The maximum atomic E-state index is 11.9. The molecule has 5 aromatic carbocycles. The smallest absolute Gasteiger partial charge is 0.337 e. The molecule has 0 aliphatic rings. The fourth-order valence-electron chi connectivity index (χ4n) is 4.83. The van der Waals surface area contributed by atoms with Crippen molar-refractivity contribution >= 4 is 24.2 Å². The zero-order valence-electron chi connectivity index (χ0n) is 28.5. The molecule has 9 nitrogen and oxygen atoms in total. The summed E-state index contributed by atoms with van der Waals surface area (Å²) in [4.78, 5) is 47.3. The molecule has 5 aromatic rings. The van der Waals surface area contributed by atoms with Crippen LogP contribution < -0.4 is 5.73 Å². The Bertz CT molecular complexity index is 1750. The van der Waals surface area contributed by atoms with E-state index in [1.807, 2.05) is 84.9 Å². The Morgan fingerprint density at radius 2 is 0.900 bits per heavy atom. The minimum Gasteiger partial charge on any atom is -0.465 e. The zero-order chi connectivity index (χ0) is 36.1. The Kier molecular flexibility index (Phi) is 16.3. The highest BCUT2D eigenvalue weighted by Gasteiger charge is 2.13. The second kappa shape index (κ2) is 21.1. The number of hydrogen-bond donors (Lipinski definition) is 1. The minimum atomic E-state index is -0.432. The molecule has 0 saturated carbocycles. The molecule has 2 N–H and O–H groups in total. The Morgan fingerprint density at radius 1 is 0.520 bits per heavy atom. The van der Waals surface area contributed by atoms with E-state index in [0.29, 0.717) is 48.2 Å². The standard InChI is InChI=1S/C25H25NO4.C9H8O3.C7H9N/c1-29-24(27)22-12-6-10-20(14-22)17-26(16-19-8-4-3-5-9-19)18-21-11-7-13-23(15-21)25(28)30-2;1-12-9(11)8-4-2-3-7(5-8)6-10;8-6-7-4-2-1-3-5-7/h3-15H,16-18H2,1-2H3;2-6H,1H3;1-5H,6,8H2. The molecule has 0 spiro atoms. The average molecular weight is 675 g/mol. The van der Waals surface area contributed by atoms with Crippen LogP contribution in [0.5, 0.6) is 0 Å². The van der Waals surface area contributed by atoms with Crippen molar-refractivity contribution in [3.05, 3.63) is 178 Å². The fraction of sp³-hybridized carbons (Fsp3) is 0.171. The van der Waals surface area contributed by atoms with Crippen molar-refractivity contribution in [1.29, 1.82) is 0 Å². The molecule has 0 aliphatic heterocycles. The van der Waals surface area contributed by atoms with Gasteiger partial charge >= 0.3 is 17.9 Å². The predicted octanol–water partition coefficient (Wildman–Crippen LogP) is 6.89. The Balaban J connectivity index is 0.000000274. The molecule has 258 valence electrons. The number of esters is 3. The topological polar surface area (TPSA) is 125 Å². The van der Waals surface area contributed by atoms with Crippen molar-refractivity contribution in [1.82, 2.24) is 4.90 Å². The van der Waals surface area contributed by atoms with Crippen molar-refractivity contribution in [2.45, 2.75) is 26.2 Å². The first kappa shape index (κ1) is 38.5. The van der Waals surface area contributed by atoms with Gasteiger partial charge in [0.05, 0.1) is 38.0 Å². The van der Waals surface area contributed by atoms with Crippen LogP contribution in [-0.4, -0.2) is 50.4 Å². The van der Waals surface area contributed by atoms with Gasteiger partial charge in [0.1, 0.15) is 6.29 Å². The van der Waals surface area contributed by atoms with Gasteiger partial charge in [-0.1, -0.05) is 97.1 Å². The third kappa shape index (κ3) is 13.0. The average Bonchev–Trinajstić information content (AvgIpc) is 3.18. The highest BCUT2D eigenvalue weighted by Crippen LogP contribution is 2.17. The highest BCUT2D eigenvalue weighted by atomic mass is 16.5. The van der Waals surface area contributed by atoms with Gasteiger partial charge in [-0.2, -0.15) is 0 Å². The van der Waals surface area contributed by atoms with Gasteiger partial charge in [-0.25, -0.2) is 14.4 Å². The van der Waals surface area contributed by atoms with Crippen molar-refractivity contribution < 1.29 is 33.4 Å². The van der Waals surface area contributed by atoms with Gasteiger partial charge in [-0.3, -0.25) is 9.69 Å². The third-order valence-electron chi connectivity index (χ3n) is 7.28. The van der Waals surface area contributed by atoms with Crippen molar-refractivity contribution in [2.24, 2.45) is 5.73 Å². The summed E-state index contributed by atoms with van der Waals surface area (Å²) in [6, 6.07) is 41.4. The monoisotopic (exact) mass is 674 g/mol. The van der Waals surface area contributed by atoms with Crippen LogP contribution in [0.1, 0.15) is 63.7 Å². The van der Waals surface area contributed by atoms with E-state index in [9.17, 15) is 19.2 Å². The summed E-state index contributed by atoms with van der Waals surface area (Å²) in [5.74, 6) is -1.13. The summed E-state index contributed by atoms with van der Waals surface area (Å²) in [5.41, 5.74) is 11.7. The van der Waals surface area contributed by atoms with Crippen LogP contribution in [-0.2, 0) is 40.4 Å². The maximum absolute atomic E-state index is 11.9. The lowest BCUT2D eigenvalue weighted by atomic mass is 10.1. The van der Waals surface area contributed by atoms with Crippen LogP contribution in [0.3, 0.4) is 0 Å². The van der Waals surface area contributed by atoms with Crippen molar-refractivity contribution in [2.75, 3.05) is 21.3 Å². The van der Waals surface area contributed by atoms with E-state index in [1.54, 1.807) is 30.3 Å². The molecule has 0 heterocycles. The van der Waals surface area contributed by atoms with Crippen molar-refractivity contribution in [3.8, 4) is 0 Å². The van der Waals surface area contributed by atoms with Gasteiger partial charge in [0.25, 0.3) is 0 Å². The number of hydrogen-bond acceptors (Lipinski definition) is 9. The Hall–Kier alpha value is -5.90. The Labute approximate surface area is 293 Å². The van der Waals surface area contributed by atoms with Gasteiger partial charge in [0.2, 0.25) is 0 Å². The number of methoxy groups -OCH3 is 3. The number of carbonyl (C=O) groups is 4. The normalized spacial score (nSPS) is 10.0. The second-order valence-corrected chi connectivity index (χ2v) is 10.9. The predicted molar refractivity (Wildman–Crippen MR) is 192 cm³/mol. The Morgan fingerprint density at radius 3 is 1.30 bits per heavy atom. The minimum absolute atomic E-state index is 0.350. The number of aldehydes is 1. The van der Waals surface area contributed by atoms with Gasteiger partial charge < -0.3 is 19.9 Å². The summed E-state index contributed by atoms with van der Waals surface area (Å²) in [6.45, 7) is 2.65. The molecule has 0 atom stereocenters. The van der Waals surface area contributed by atoms with Crippen LogP contribution in [0.2, 0.25) is 0 Å². The van der Waals surface area contributed by atoms with Crippen LogP contribution in [0.15, 0.2) is 133 Å². The molecule has 5 rings (SSSR count). The first-order valence-electron chi connectivity index (χ1n) is 15.8. The largest absolute Gasteiger partial charge is 0.465 e. The van der Waals surface area contributed by atoms with Gasteiger partial charge in [0, 0.05) is 31.7 Å². The van der Waals surface area contributed by atoms with Crippen molar-refractivity contribution in [3.63, 3.8) is 0 Å². The number of rotatable bonds is 11. The molecule has 0 aliphatic carbocycles. The molecule has 0 unspecified atom stereocenters. The molecule has 0 saturated heterocycles. The fourth-order valence-corrected chi connectivity index (χ4v) is 4.83. The lowest BCUT2D eigenvalue weighted by Gasteiger charge is -2.23. The summed E-state index contributed by atoms with van der Waals surface area (Å²) in [7, 11) is 4.06. The zero-order valence-corrected chi connectivity index (χ0v) is 28.5. The summed E-state index contributed by atoms with van der Waals surface area (Å²) in [6.07, 6.45) is 0.687. The quantitative estimate of drug-likeness (QED) is 0.0906. The highest BCUT2D eigenvalue weighted by molar-refractivity contribution is 5.91. The molecular weight excluding hydrogens is 632 g/mol. The van der Waals surface area contributed by atoms with E-state index in [-0.39, 0.29) is 11.9 Å². The molecule has 0 amide bonds. The third-order valence-corrected chi connectivity index (χ3v) is 7.28. The van der Waals surface area contributed by atoms with E-state index in [1.165, 1.54) is 38.5 Å². The number of nitrogens with zero attached hydrogens (tertiary/aromatic N) is 1. The molecular formula is C41H42N2O7. The van der Waals surface area contributed by atoms with E-state index in [0.717, 1.165) is 17.7 Å². The summed E-state index contributed by atoms with van der Waals surface area (Å²) >= 11 is 0. The number of nitrogens with two attached hydrogens (primary N) is 1. The van der Waals surface area contributed by atoms with Gasteiger partial charge in [-0.15, -0.1) is 0 Å².